The van der Waals surface area contributed by atoms with Crippen LogP contribution in [0, 0.1) is 12.7 Å². The highest BCUT2D eigenvalue weighted by molar-refractivity contribution is 9.08. The summed E-state index contributed by atoms with van der Waals surface area (Å²) in [6, 6.07) is 12.1. The third-order valence-corrected chi connectivity index (χ3v) is 2.99. The van der Waals surface area contributed by atoms with Gasteiger partial charge in [-0.2, -0.15) is 0 Å². The van der Waals surface area contributed by atoms with Crippen molar-refractivity contribution in [1.82, 2.24) is 0 Å². The van der Waals surface area contributed by atoms with Gasteiger partial charge in [0.1, 0.15) is 17.3 Å². The monoisotopic (exact) mass is 294 g/mol. The molecule has 0 aromatic heterocycles. The molecule has 0 bridgehead atoms. The van der Waals surface area contributed by atoms with E-state index in [0.717, 1.165) is 11.3 Å². The van der Waals surface area contributed by atoms with Crippen molar-refractivity contribution in [3.63, 3.8) is 0 Å². The summed E-state index contributed by atoms with van der Waals surface area (Å²) in [6.07, 6.45) is 0. The molecule has 17 heavy (non-hydrogen) atoms. The van der Waals surface area contributed by atoms with Crippen LogP contribution >= 0.6 is 15.9 Å². The van der Waals surface area contributed by atoms with E-state index < -0.39 is 0 Å². The van der Waals surface area contributed by atoms with Crippen molar-refractivity contribution in [3.05, 3.63) is 59.4 Å². The summed E-state index contributed by atoms with van der Waals surface area (Å²) in [6.45, 7) is 2.03. The van der Waals surface area contributed by atoms with Gasteiger partial charge >= 0.3 is 0 Å². The van der Waals surface area contributed by atoms with Crippen LogP contribution < -0.4 is 4.74 Å². The first-order valence-corrected chi connectivity index (χ1v) is 6.40. The molecule has 1 nitrogen and oxygen atoms in total. The van der Waals surface area contributed by atoms with Crippen LogP contribution in [0.4, 0.5) is 4.39 Å². The van der Waals surface area contributed by atoms with Crippen molar-refractivity contribution < 1.29 is 9.13 Å². The molecule has 0 saturated carbocycles. The first-order valence-electron chi connectivity index (χ1n) is 5.28. The zero-order chi connectivity index (χ0) is 12.3. The molecule has 88 valence electrons. The van der Waals surface area contributed by atoms with E-state index in [4.69, 9.17) is 4.74 Å². The fourth-order valence-electron chi connectivity index (χ4n) is 1.57. The molecule has 0 saturated heterocycles. The Morgan fingerprint density at radius 1 is 1.18 bits per heavy atom. The van der Waals surface area contributed by atoms with Gasteiger partial charge in [0.05, 0.1) is 0 Å². The van der Waals surface area contributed by atoms with Crippen LogP contribution in [0.2, 0.25) is 0 Å². The number of alkyl halides is 1. The Bertz CT molecular complexity index is 525. The Morgan fingerprint density at radius 3 is 2.71 bits per heavy atom. The molecule has 0 aliphatic heterocycles. The Morgan fingerprint density at radius 2 is 2.00 bits per heavy atom. The molecule has 0 spiro atoms. The zero-order valence-electron chi connectivity index (χ0n) is 9.41. The second-order valence-electron chi connectivity index (χ2n) is 3.80. The smallest absolute Gasteiger partial charge is 0.131 e. The first-order chi connectivity index (χ1) is 8.19. The number of benzene rings is 2. The number of ether oxygens (including phenoxy) is 1. The second-order valence-corrected chi connectivity index (χ2v) is 4.36. The molecule has 0 aliphatic rings. The van der Waals surface area contributed by atoms with Crippen LogP contribution in [-0.4, -0.2) is 0 Å². The van der Waals surface area contributed by atoms with Gasteiger partial charge < -0.3 is 4.74 Å². The van der Waals surface area contributed by atoms with Crippen LogP contribution in [-0.2, 0) is 5.33 Å². The highest BCUT2D eigenvalue weighted by Crippen LogP contribution is 2.28. The van der Waals surface area contributed by atoms with E-state index in [9.17, 15) is 4.39 Å². The molecule has 3 heteroatoms. The van der Waals surface area contributed by atoms with Gasteiger partial charge in [-0.25, -0.2) is 4.39 Å². The number of rotatable bonds is 3. The molecular weight excluding hydrogens is 283 g/mol. The van der Waals surface area contributed by atoms with E-state index in [1.54, 1.807) is 12.1 Å². The topological polar surface area (TPSA) is 9.23 Å². The number of aryl methyl sites for hydroxylation is 1. The zero-order valence-corrected chi connectivity index (χ0v) is 11.0. The lowest BCUT2D eigenvalue weighted by Crippen LogP contribution is -1.90. The maximum Gasteiger partial charge on any atom is 0.131 e. The maximum atomic E-state index is 13.0. The van der Waals surface area contributed by atoms with Crippen molar-refractivity contribution in [1.29, 1.82) is 0 Å². The van der Waals surface area contributed by atoms with Gasteiger partial charge in [0, 0.05) is 17.0 Å². The fraction of sp³-hybridized carbons (Fsp3) is 0.143. The van der Waals surface area contributed by atoms with Crippen molar-refractivity contribution in [3.8, 4) is 11.5 Å². The van der Waals surface area contributed by atoms with Crippen molar-refractivity contribution in [2.45, 2.75) is 12.3 Å². The maximum absolute atomic E-state index is 13.0. The molecule has 0 radical (unpaired) electrons. The van der Waals surface area contributed by atoms with E-state index in [0.29, 0.717) is 11.1 Å². The summed E-state index contributed by atoms with van der Waals surface area (Å²) in [5, 5.41) is 0.708. The molecule has 0 amide bonds. The van der Waals surface area contributed by atoms with Crippen LogP contribution in [0.25, 0.3) is 0 Å². The van der Waals surface area contributed by atoms with Crippen molar-refractivity contribution in [2.75, 3.05) is 0 Å². The molecule has 0 N–H and O–H groups in total. The molecule has 0 unspecified atom stereocenters. The highest BCUT2D eigenvalue weighted by atomic mass is 79.9. The van der Waals surface area contributed by atoms with Crippen molar-refractivity contribution >= 4 is 15.9 Å². The average molecular weight is 295 g/mol. The highest BCUT2D eigenvalue weighted by Gasteiger charge is 2.05. The number of hydrogen-bond donors (Lipinski definition) is 0. The predicted molar refractivity (Wildman–Crippen MR) is 70.3 cm³/mol. The van der Waals surface area contributed by atoms with E-state index in [1.165, 1.54) is 17.7 Å². The molecule has 0 atom stereocenters. The van der Waals surface area contributed by atoms with Gasteiger partial charge in [-0.3, -0.25) is 0 Å². The van der Waals surface area contributed by atoms with Crippen molar-refractivity contribution in [2.24, 2.45) is 0 Å². The van der Waals surface area contributed by atoms with Crippen LogP contribution in [0.1, 0.15) is 11.1 Å². The molecule has 2 aromatic rings. The lowest BCUT2D eigenvalue weighted by Gasteiger charge is -2.10. The van der Waals surface area contributed by atoms with Gasteiger partial charge in [0.2, 0.25) is 0 Å². The third kappa shape index (κ3) is 3.07. The van der Waals surface area contributed by atoms with E-state index in [-0.39, 0.29) is 5.82 Å². The number of hydrogen-bond acceptors (Lipinski definition) is 1. The predicted octanol–water partition coefficient (Wildman–Crippen LogP) is 4.82. The largest absolute Gasteiger partial charge is 0.457 e. The molecular formula is C14H12BrFO. The van der Waals surface area contributed by atoms with Gasteiger partial charge in [0.15, 0.2) is 0 Å². The van der Waals surface area contributed by atoms with Gasteiger partial charge in [-0.15, -0.1) is 0 Å². The SMILES string of the molecule is Cc1ccc(Oc2cccc(F)c2)c(CBr)c1. The summed E-state index contributed by atoms with van der Waals surface area (Å²) >= 11 is 3.42. The average Bonchev–Trinajstić information content (AvgIpc) is 2.31. The molecule has 2 aromatic carbocycles. The van der Waals surface area contributed by atoms with Crippen LogP contribution in [0.3, 0.4) is 0 Å². The molecule has 0 aliphatic carbocycles. The fourth-order valence-corrected chi connectivity index (χ4v) is 2.01. The normalized spacial score (nSPS) is 10.3. The lowest BCUT2D eigenvalue weighted by molar-refractivity contribution is 0.473. The standard InChI is InChI=1S/C14H12BrFO/c1-10-5-6-14(11(7-10)9-15)17-13-4-2-3-12(16)8-13/h2-8H,9H2,1H3. The summed E-state index contributed by atoms with van der Waals surface area (Å²) < 4.78 is 18.7. The van der Waals surface area contributed by atoms with E-state index in [2.05, 4.69) is 15.9 Å². The Kier molecular flexibility index (Phi) is 3.79. The Hall–Kier alpha value is -1.35. The first kappa shape index (κ1) is 12.1. The van der Waals surface area contributed by atoms with Crippen LogP contribution in [0.5, 0.6) is 11.5 Å². The molecule has 2 rings (SSSR count). The molecule has 0 heterocycles. The summed E-state index contributed by atoms with van der Waals surface area (Å²) in [4.78, 5) is 0. The van der Waals surface area contributed by atoms with E-state index in [1.807, 2.05) is 25.1 Å². The summed E-state index contributed by atoms with van der Waals surface area (Å²) in [7, 11) is 0. The minimum atomic E-state index is -0.296. The Balaban J connectivity index is 2.29. The Labute approximate surface area is 108 Å². The minimum Gasteiger partial charge on any atom is -0.457 e. The molecule has 0 fully saturated rings. The third-order valence-electron chi connectivity index (χ3n) is 2.38. The second kappa shape index (κ2) is 5.32. The summed E-state index contributed by atoms with van der Waals surface area (Å²) in [5.74, 6) is 0.962. The van der Waals surface area contributed by atoms with Crippen LogP contribution in [0.15, 0.2) is 42.5 Å². The number of halogens is 2. The summed E-state index contributed by atoms with van der Waals surface area (Å²) in [5.41, 5.74) is 2.22. The van der Waals surface area contributed by atoms with E-state index >= 15 is 0 Å². The van der Waals surface area contributed by atoms with Gasteiger partial charge in [-0.05, 0) is 25.1 Å². The quantitative estimate of drug-likeness (QED) is 0.737. The minimum absolute atomic E-state index is 0.296. The van der Waals surface area contributed by atoms with Gasteiger partial charge in [-0.1, -0.05) is 39.7 Å². The van der Waals surface area contributed by atoms with Gasteiger partial charge in [0.25, 0.3) is 0 Å². The lowest BCUT2D eigenvalue weighted by atomic mass is 10.1.